The monoisotopic (exact) mass is 470 g/mol. The minimum Gasteiger partial charge on any atom is -0.339 e. The van der Waals surface area contributed by atoms with Gasteiger partial charge in [0.2, 0.25) is 5.95 Å². The molecule has 1 aliphatic heterocycles. The lowest BCUT2D eigenvalue weighted by Gasteiger charge is -2.34. The maximum Gasteiger partial charge on any atom is 0.332 e. The van der Waals surface area contributed by atoms with E-state index in [1.807, 2.05) is 22.8 Å². The molecule has 10 heteroatoms. The molecule has 4 heterocycles. The molecule has 1 aliphatic rings. The van der Waals surface area contributed by atoms with E-state index >= 15 is 0 Å². The third kappa shape index (κ3) is 3.55. The summed E-state index contributed by atoms with van der Waals surface area (Å²) in [5, 5.41) is 0. The van der Waals surface area contributed by atoms with Crippen LogP contribution < -0.4 is 16.1 Å². The number of hydrogen-bond donors (Lipinski definition) is 0. The highest BCUT2D eigenvalue weighted by Crippen LogP contribution is 2.31. The first-order chi connectivity index (χ1) is 15.5. The molecule has 1 atom stereocenters. The summed E-state index contributed by atoms with van der Waals surface area (Å²) in [6.07, 6.45) is 3.40. The molecule has 0 aliphatic carbocycles. The number of thioether (sulfide) groups is 1. The number of thiazole rings is 1. The second-order valence-corrected chi connectivity index (χ2v) is 10.6. The zero-order valence-electron chi connectivity index (χ0n) is 18.4. The van der Waals surface area contributed by atoms with Gasteiger partial charge in [0.15, 0.2) is 15.5 Å². The largest absolute Gasteiger partial charge is 0.339 e. The van der Waals surface area contributed by atoms with Gasteiger partial charge in [0, 0.05) is 39.0 Å². The number of aryl methyl sites for hydroxylation is 2. The van der Waals surface area contributed by atoms with Crippen molar-refractivity contribution in [1.29, 1.82) is 0 Å². The van der Waals surface area contributed by atoms with Crippen molar-refractivity contribution in [2.24, 2.45) is 14.1 Å². The normalized spacial score (nSPS) is 17.0. The minimum atomic E-state index is -0.353. The highest BCUT2D eigenvalue weighted by molar-refractivity contribution is 8.01. The summed E-state index contributed by atoms with van der Waals surface area (Å²) >= 11 is 3.38. The minimum absolute atomic E-state index is 0.295. The number of hydrogen-bond acceptors (Lipinski definition) is 7. The van der Waals surface area contributed by atoms with Gasteiger partial charge in [0.05, 0.1) is 10.2 Å². The van der Waals surface area contributed by atoms with Gasteiger partial charge in [-0.25, -0.2) is 9.78 Å². The smallest absolute Gasteiger partial charge is 0.332 e. The van der Waals surface area contributed by atoms with Crippen molar-refractivity contribution in [3.05, 3.63) is 45.1 Å². The molecule has 1 aromatic carbocycles. The Balaban J connectivity index is 1.54. The fourth-order valence-corrected chi connectivity index (χ4v) is 6.46. The van der Waals surface area contributed by atoms with E-state index in [9.17, 15) is 9.59 Å². The van der Waals surface area contributed by atoms with Crippen LogP contribution in [0.4, 0.5) is 5.95 Å². The van der Waals surface area contributed by atoms with E-state index in [-0.39, 0.29) is 11.2 Å². The maximum absolute atomic E-state index is 13.1. The lowest BCUT2D eigenvalue weighted by Crippen LogP contribution is -2.39. The lowest BCUT2D eigenvalue weighted by atomic mass is 10.0. The van der Waals surface area contributed by atoms with E-state index in [4.69, 9.17) is 9.97 Å². The number of rotatable bonds is 5. The first kappa shape index (κ1) is 21.3. The van der Waals surface area contributed by atoms with Crippen LogP contribution in [-0.4, -0.2) is 42.0 Å². The SMILES string of the molecule is C[C@H]1CCCCN1c1nc2c(c(=O)n(C)c(=O)n2C)n1CCSc1nc2ccccc2s1. The molecule has 168 valence electrons. The first-order valence-corrected chi connectivity index (χ1v) is 12.7. The molecule has 8 nitrogen and oxygen atoms in total. The number of fused-ring (bicyclic) bond motifs is 2. The predicted octanol–water partition coefficient (Wildman–Crippen LogP) is 3.21. The number of piperidine rings is 1. The van der Waals surface area contributed by atoms with Crippen molar-refractivity contribution in [3.63, 3.8) is 0 Å². The van der Waals surface area contributed by atoms with Gasteiger partial charge in [-0.3, -0.25) is 13.9 Å². The van der Waals surface area contributed by atoms with Gasteiger partial charge in [0.25, 0.3) is 5.56 Å². The number of imidazole rings is 1. The van der Waals surface area contributed by atoms with Gasteiger partial charge in [-0.05, 0) is 38.3 Å². The summed E-state index contributed by atoms with van der Waals surface area (Å²) < 4.78 is 6.86. The van der Waals surface area contributed by atoms with E-state index in [1.54, 1.807) is 30.1 Å². The van der Waals surface area contributed by atoms with Crippen LogP contribution in [0.3, 0.4) is 0 Å². The van der Waals surface area contributed by atoms with E-state index in [0.717, 1.165) is 40.9 Å². The van der Waals surface area contributed by atoms with Crippen LogP contribution in [0, 0.1) is 0 Å². The molecule has 0 radical (unpaired) electrons. The molecule has 0 saturated carbocycles. The summed E-state index contributed by atoms with van der Waals surface area (Å²) in [7, 11) is 3.21. The van der Waals surface area contributed by atoms with Crippen LogP contribution in [0.25, 0.3) is 21.4 Å². The third-order valence-corrected chi connectivity index (χ3v) is 8.36. The Morgan fingerprint density at radius 1 is 1.12 bits per heavy atom. The van der Waals surface area contributed by atoms with Gasteiger partial charge in [-0.1, -0.05) is 23.9 Å². The second-order valence-electron chi connectivity index (χ2n) is 8.28. The average molecular weight is 471 g/mol. The van der Waals surface area contributed by atoms with Crippen molar-refractivity contribution < 1.29 is 0 Å². The van der Waals surface area contributed by atoms with Crippen LogP contribution in [0.1, 0.15) is 26.2 Å². The molecular weight excluding hydrogens is 444 g/mol. The van der Waals surface area contributed by atoms with Crippen LogP contribution in [-0.2, 0) is 20.6 Å². The number of para-hydroxylation sites is 1. The van der Waals surface area contributed by atoms with Crippen molar-refractivity contribution in [2.45, 2.75) is 43.1 Å². The van der Waals surface area contributed by atoms with E-state index in [1.165, 1.54) is 27.3 Å². The molecule has 0 spiro atoms. The van der Waals surface area contributed by atoms with Crippen molar-refractivity contribution in [1.82, 2.24) is 23.7 Å². The van der Waals surface area contributed by atoms with Crippen LogP contribution >= 0.6 is 23.1 Å². The molecule has 5 rings (SSSR count). The zero-order valence-corrected chi connectivity index (χ0v) is 20.1. The Bertz CT molecular complexity index is 1380. The Hall–Kier alpha value is -2.59. The summed E-state index contributed by atoms with van der Waals surface area (Å²) in [5.74, 6) is 1.54. The third-order valence-electron chi connectivity index (χ3n) is 6.20. The molecule has 1 saturated heterocycles. The standard InChI is InChI=1S/C22H26N6O2S2/c1-14-8-6-7-11-27(14)20-24-18-17(19(29)26(3)22(30)25(18)2)28(20)12-13-31-21-23-15-9-4-5-10-16(15)32-21/h4-5,9-10,14H,6-8,11-13H2,1-3H3/t14-/m0/s1. The van der Waals surface area contributed by atoms with Gasteiger partial charge in [0.1, 0.15) is 0 Å². The summed E-state index contributed by atoms with van der Waals surface area (Å²) in [6.45, 7) is 3.72. The molecule has 1 fully saturated rings. The Morgan fingerprint density at radius 2 is 1.94 bits per heavy atom. The van der Waals surface area contributed by atoms with E-state index < -0.39 is 0 Å². The highest BCUT2D eigenvalue weighted by atomic mass is 32.2. The number of benzene rings is 1. The van der Waals surface area contributed by atoms with E-state index in [2.05, 4.69) is 17.9 Å². The fourth-order valence-electron chi connectivity index (χ4n) is 4.40. The molecule has 0 bridgehead atoms. The Kier molecular flexibility index (Phi) is 5.58. The Labute approximate surface area is 193 Å². The van der Waals surface area contributed by atoms with Gasteiger partial charge in [-0.2, -0.15) is 4.98 Å². The first-order valence-electron chi connectivity index (χ1n) is 10.9. The zero-order chi connectivity index (χ0) is 22.4. The van der Waals surface area contributed by atoms with Gasteiger partial charge >= 0.3 is 5.69 Å². The van der Waals surface area contributed by atoms with Crippen LogP contribution in [0.15, 0.2) is 38.2 Å². The fraction of sp³-hybridized carbons (Fsp3) is 0.455. The predicted molar refractivity (Wildman–Crippen MR) is 131 cm³/mol. The molecule has 0 unspecified atom stereocenters. The number of anilines is 1. The highest BCUT2D eigenvalue weighted by Gasteiger charge is 2.27. The molecule has 4 aromatic rings. The van der Waals surface area contributed by atoms with Crippen molar-refractivity contribution in [2.75, 3.05) is 17.2 Å². The lowest BCUT2D eigenvalue weighted by molar-refractivity contribution is 0.471. The van der Waals surface area contributed by atoms with Gasteiger partial charge in [-0.15, -0.1) is 11.3 Å². The summed E-state index contributed by atoms with van der Waals surface area (Å²) in [5.41, 5.74) is 1.31. The van der Waals surface area contributed by atoms with E-state index in [0.29, 0.717) is 23.8 Å². The molecule has 0 amide bonds. The topological polar surface area (TPSA) is 78.0 Å². The molecule has 3 aromatic heterocycles. The maximum atomic E-state index is 13.1. The van der Waals surface area contributed by atoms with Crippen molar-refractivity contribution in [3.8, 4) is 0 Å². The molecular formula is C22H26N6O2S2. The summed E-state index contributed by atoms with van der Waals surface area (Å²) in [6, 6.07) is 8.48. The summed E-state index contributed by atoms with van der Waals surface area (Å²) in [4.78, 5) is 37.4. The van der Waals surface area contributed by atoms with Crippen molar-refractivity contribution >= 4 is 50.4 Å². The second kappa shape index (κ2) is 8.40. The van der Waals surface area contributed by atoms with Gasteiger partial charge < -0.3 is 9.47 Å². The van der Waals surface area contributed by atoms with Crippen LogP contribution in [0.5, 0.6) is 0 Å². The van der Waals surface area contributed by atoms with Crippen LogP contribution in [0.2, 0.25) is 0 Å². The number of aromatic nitrogens is 5. The molecule has 32 heavy (non-hydrogen) atoms. The number of nitrogens with zero attached hydrogens (tertiary/aromatic N) is 6. The average Bonchev–Trinajstić information content (AvgIpc) is 3.38. The Morgan fingerprint density at radius 3 is 2.72 bits per heavy atom. The molecule has 0 N–H and O–H groups in total. The quantitative estimate of drug-likeness (QED) is 0.417.